The third kappa shape index (κ3) is 5.56. The third-order valence-corrected chi connectivity index (χ3v) is 3.06. The van der Waals surface area contributed by atoms with E-state index in [9.17, 15) is 0 Å². The van der Waals surface area contributed by atoms with Gasteiger partial charge < -0.3 is 10.2 Å². The van der Waals surface area contributed by atoms with E-state index in [1.807, 2.05) is 12.4 Å². The van der Waals surface area contributed by atoms with Crippen LogP contribution in [0.3, 0.4) is 0 Å². The molecule has 0 atom stereocenters. The Bertz CT molecular complexity index is 306. The van der Waals surface area contributed by atoms with Crippen LogP contribution in [0.4, 0.5) is 0 Å². The summed E-state index contributed by atoms with van der Waals surface area (Å²) < 4.78 is 0. The Hall–Kier alpha value is -1.00. The zero-order valence-corrected chi connectivity index (χ0v) is 11.9. The van der Waals surface area contributed by atoms with Gasteiger partial charge >= 0.3 is 0 Å². The molecule has 1 N–H and O–H groups in total. The van der Waals surface area contributed by atoms with Crippen LogP contribution in [0.15, 0.2) is 12.4 Å². The lowest BCUT2D eigenvalue weighted by Crippen LogP contribution is -2.25. The lowest BCUT2D eigenvalue weighted by Gasteiger charge is -2.16. The van der Waals surface area contributed by atoms with E-state index in [2.05, 4.69) is 41.0 Å². The van der Waals surface area contributed by atoms with Crippen LogP contribution in [0.5, 0.6) is 0 Å². The summed E-state index contributed by atoms with van der Waals surface area (Å²) in [4.78, 5) is 11.2. The van der Waals surface area contributed by atoms with Gasteiger partial charge in [-0.3, -0.25) is 0 Å². The highest BCUT2D eigenvalue weighted by Gasteiger charge is 2.02. The first-order chi connectivity index (χ1) is 8.80. The second-order valence-electron chi connectivity index (χ2n) is 4.46. The van der Waals surface area contributed by atoms with E-state index in [0.717, 1.165) is 57.0 Å². The predicted octanol–water partition coefficient (Wildman–Crippen LogP) is 1.86. The van der Waals surface area contributed by atoms with Gasteiger partial charge in [-0.2, -0.15) is 0 Å². The second kappa shape index (κ2) is 9.00. The average Bonchev–Trinajstić information content (AvgIpc) is 2.42. The molecule has 0 aromatic carbocycles. The molecular formula is C14H26N4. The highest BCUT2D eigenvalue weighted by molar-refractivity contribution is 5.05. The summed E-state index contributed by atoms with van der Waals surface area (Å²) >= 11 is 0. The first-order valence-electron chi connectivity index (χ1n) is 7.03. The number of aromatic nitrogens is 2. The van der Waals surface area contributed by atoms with Crippen LogP contribution in [-0.4, -0.2) is 41.0 Å². The van der Waals surface area contributed by atoms with Crippen molar-refractivity contribution in [3.8, 4) is 0 Å². The number of rotatable bonds is 9. The fourth-order valence-corrected chi connectivity index (χ4v) is 1.81. The zero-order valence-electron chi connectivity index (χ0n) is 11.9. The largest absolute Gasteiger partial charge is 0.313 e. The molecule has 0 unspecified atom stereocenters. The van der Waals surface area contributed by atoms with Gasteiger partial charge in [-0.25, -0.2) is 9.97 Å². The van der Waals surface area contributed by atoms with Crippen molar-refractivity contribution in [1.29, 1.82) is 0 Å². The number of nitrogens with zero attached hydrogens (tertiary/aromatic N) is 3. The van der Waals surface area contributed by atoms with Crippen molar-refractivity contribution in [2.75, 3.05) is 26.2 Å². The maximum atomic E-state index is 4.42. The molecule has 102 valence electrons. The third-order valence-electron chi connectivity index (χ3n) is 3.06. The van der Waals surface area contributed by atoms with Gasteiger partial charge in [0.1, 0.15) is 5.82 Å². The summed E-state index contributed by atoms with van der Waals surface area (Å²) in [5, 5.41) is 3.35. The molecule has 1 rings (SSSR count). The van der Waals surface area contributed by atoms with Crippen LogP contribution < -0.4 is 5.32 Å². The van der Waals surface area contributed by atoms with Crippen molar-refractivity contribution in [2.24, 2.45) is 0 Å². The topological polar surface area (TPSA) is 41.1 Å². The molecular weight excluding hydrogens is 224 g/mol. The summed E-state index contributed by atoms with van der Waals surface area (Å²) in [5.74, 6) is 0.946. The molecule has 18 heavy (non-hydrogen) atoms. The van der Waals surface area contributed by atoms with Crippen molar-refractivity contribution in [3.63, 3.8) is 0 Å². The van der Waals surface area contributed by atoms with Crippen LogP contribution in [-0.2, 0) is 13.0 Å². The summed E-state index contributed by atoms with van der Waals surface area (Å²) in [6, 6.07) is 0. The Morgan fingerprint density at radius 3 is 2.33 bits per heavy atom. The molecule has 0 aliphatic heterocycles. The maximum absolute atomic E-state index is 4.42. The Labute approximate surface area is 111 Å². The van der Waals surface area contributed by atoms with E-state index in [1.54, 1.807) is 0 Å². The van der Waals surface area contributed by atoms with Gasteiger partial charge in [0.25, 0.3) is 0 Å². The van der Waals surface area contributed by atoms with E-state index < -0.39 is 0 Å². The Kier molecular flexibility index (Phi) is 7.53. The monoisotopic (exact) mass is 250 g/mol. The molecule has 0 amide bonds. The predicted molar refractivity (Wildman–Crippen MR) is 75.5 cm³/mol. The normalized spacial score (nSPS) is 11.1. The summed E-state index contributed by atoms with van der Waals surface area (Å²) in [6.45, 7) is 11.7. The van der Waals surface area contributed by atoms with Crippen molar-refractivity contribution in [2.45, 2.75) is 40.2 Å². The molecule has 0 saturated heterocycles. The van der Waals surface area contributed by atoms with E-state index in [4.69, 9.17) is 0 Å². The molecule has 0 fully saturated rings. The van der Waals surface area contributed by atoms with Crippen LogP contribution in [0.25, 0.3) is 0 Å². The van der Waals surface area contributed by atoms with Crippen molar-refractivity contribution < 1.29 is 0 Å². The second-order valence-corrected chi connectivity index (χ2v) is 4.46. The molecule has 4 heteroatoms. The van der Waals surface area contributed by atoms with Gasteiger partial charge in [-0.1, -0.05) is 20.8 Å². The summed E-state index contributed by atoms with van der Waals surface area (Å²) in [6.07, 6.45) is 5.97. The molecule has 1 heterocycles. The minimum Gasteiger partial charge on any atom is -0.313 e. The highest BCUT2D eigenvalue weighted by atomic mass is 15.1. The molecule has 0 aliphatic carbocycles. The molecule has 4 nitrogen and oxygen atoms in total. The summed E-state index contributed by atoms with van der Waals surface area (Å²) in [7, 11) is 0. The Morgan fingerprint density at radius 2 is 1.78 bits per heavy atom. The highest BCUT2D eigenvalue weighted by Crippen LogP contribution is 1.98. The van der Waals surface area contributed by atoms with Gasteiger partial charge in [-0.15, -0.1) is 0 Å². The summed E-state index contributed by atoms with van der Waals surface area (Å²) in [5.41, 5.74) is 1.16. The smallest absolute Gasteiger partial charge is 0.129 e. The van der Waals surface area contributed by atoms with Gasteiger partial charge in [0.2, 0.25) is 0 Å². The number of nitrogens with one attached hydrogen (secondary N) is 1. The van der Waals surface area contributed by atoms with Gasteiger partial charge in [0, 0.05) is 37.5 Å². The molecule has 0 aliphatic rings. The molecule has 0 spiro atoms. The number of hydrogen-bond donors (Lipinski definition) is 1. The fraction of sp³-hybridized carbons (Fsp3) is 0.714. The number of hydrogen-bond acceptors (Lipinski definition) is 4. The van der Waals surface area contributed by atoms with Crippen LogP contribution in [0.2, 0.25) is 0 Å². The SMILES string of the molecule is CCCNCc1cnc(CCN(CC)CC)nc1. The maximum Gasteiger partial charge on any atom is 0.129 e. The zero-order chi connectivity index (χ0) is 13.2. The first-order valence-corrected chi connectivity index (χ1v) is 7.03. The van der Waals surface area contributed by atoms with Crippen LogP contribution >= 0.6 is 0 Å². The standard InChI is InChI=1S/C14H26N4/c1-4-8-15-10-13-11-16-14(17-12-13)7-9-18(5-2)6-3/h11-12,15H,4-10H2,1-3H3. The minimum absolute atomic E-state index is 0.865. The lowest BCUT2D eigenvalue weighted by molar-refractivity contribution is 0.305. The minimum atomic E-state index is 0.865. The fourth-order valence-electron chi connectivity index (χ4n) is 1.81. The molecule has 0 radical (unpaired) electrons. The van der Waals surface area contributed by atoms with E-state index in [0.29, 0.717) is 0 Å². The molecule has 0 saturated carbocycles. The molecule has 1 aromatic heterocycles. The van der Waals surface area contributed by atoms with E-state index >= 15 is 0 Å². The molecule has 0 bridgehead atoms. The first kappa shape index (κ1) is 15.1. The Morgan fingerprint density at radius 1 is 1.11 bits per heavy atom. The van der Waals surface area contributed by atoms with Crippen LogP contribution in [0.1, 0.15) is 38.6 Å². The van der Waals surface area contributed by atoms with E-state index in [-0.39, 0.29) is 0 Å². The van der Waals surface area contributed by atoms with Crippen molar-refractivity contribution in [3.05, 3.63) is 23.8 Å². The van der Waals surface area contributed by atoms with Crippen LogP contribution in [0, 0.1) is 0 Å². The van der Waals surface area contributed by atoms with E-state index in [1.165, 1.54) is 0 Å². The average molecular weight is 250 g/mol. The van der Waals surface area contributed by atoms with Gasteiger partial charge in [-0.05, 0) is 26.1 Å². The number of likely N-dealkylation sites (N-methyl/N-ethyl adjacent to an activating group) is 1. The van der Waals surface area contributed by atoms with Gasteiger partial charge in [0.05, 0.1) is 0 Å². The molecule has 1 aromatic rings. The Balaban J connectivity index is 2.35. The van der Waals surface area contributed by atoms with Crippen molar-refractivity contribution in [1.82, 2.24) is 20.2 Å². The van der Waals surface area contributed by atoms with Crippen molar-refractivity contribution >= 4 is 0 Å². The quantitative estimate of drug-likeness (QED) is 0.679. The lowest BCUT2D eigenvalue weighted by atomic mass is 10.3. The van der Waals surface area contributed by atoms with Gasteiger partial charge in [0.15, 0.2) is 0 Å².